The van der Waals surface area contributed by atoms with Crippen LogP contribution >= 0.6 is 0 Å². The molecule has 1 saturated heterocycles. The van der Waals surface area contributed by atoms with Crippen LogP contribution < -0.4 is 10.4 Å². The highest BCUT2D eigenvalue weighted by atomic mass is 32.2. The predicted octanol–water partition coefficient (Wildman–Crippen LogP) is 1.79. The average molecular weight is 368 g/mol. The zero-order chi connectivity index (χ0) is 18.2. The first-order valence-electron chi connectivity index (χ1n) is 7.99. The summed E-state index contributed by atoms with van der Waals surface area (Å²) >= 11 is 0. The monoisotopic (exact) mass is 368 g/mol. The molecule has 25 heavy (non-hydrogen) atoms. The molecule has 0 radical (unpaired) electrons. The lowest BCUT2D eigenvalue weighted by atomic mass is 10.1. The maximum absolute atomic E-state index is 12.8. The summed E-state index contributed by atoms with van der Waals surface area (Å²) in [6, 6.07) is 2.94. The molecule has 2 aromatic rings. The van der Waals surface area contributed by atoms with Crippen LogP contribution in [0.15, 0.2) is 30.8 Å². The van der Waals surface area contributed by atoms with Crippen LogP contribution in [0.2, 0.25) is 0 Å². The fourth-order valence-electron chi connectivity index (χ4n) is 3.00. The molecule has 1 fully saturated rings. The Morgan fingerprint density at radius 1 is 1.20 bits per heavy atom. The first kappa shape index (κ1) is 17.7. The van der Waals surface area contributed by atoms with Gasteiger partial charge in [0, 0.05) is 19.2 Å². The maximum atomic E-state index is 12.8. The van der Waals surface area contributed by atoms with Crippen molar-refractivity contribution in [2.24, 2.45) is 0 Å². The van der Waals surface area contributed by atoms with Gasteiger partial charge in [0.05, 0.1) is 6.07 Å². The molecule has 0 unspecified atom stereocenters. The molecule has 9 heteroatoms. The van der Waals surface area contributed by atoms with Crippen LogP contribution in [0.4, 0.5) is 0 Å². The van der Waals surface area contributed by atoms with E-state index in [4.69, 9.17) is 13.7 Å². The van der Waals surface area contributed by atoms with Crippen LogP contribution in [0.5, 0.6) is 5.75 Å². The zero-order valence-corrected chi connectivity index (χ0v) is 15.1. The van der Waals surface area contributed by atoms with Gasteiger partial charge in [-0.1, -0.05) is 5.16 Å². The second-order valence-electron chi connectivity index (χ2n) is 6.10. The number of hydrogen-bond acceptors (Lipinski definition) is 7. The Morgan fingerprint density at radius 2 is 1.88 bits per heavy atom. The van der Waals surface area contributed by atoms with Crippen molar-refractivity contribution >= 4 is 10.0 Å². The highest BCUT2D eigenvalue weighted by Gasteiger charge is 2.34. The fraction of sp³-hybridized carbons (Fsp3) is 0.500. The normalized spacial score (nSPS) is 16.9. The zero-order valence-electron chi connectivity index (χ0n) is 14.3. The molecule has 3 heterocycles. The van der Waals surface area contributed by atoms with Gasteiger partial charge in [-0.3, -0.25) is 0 Å². The van der Waals surface area contributed by atoms with Gasteiger partial charge < -0.3 is 13.7 Å². The van der Waals surface area contributed by atoms with Gasteiger partial charge in [0.2, 0.25) is 10.0 Å². The van der Waals surface area contributed by atoms with Crippen molar-refractivity contribution in [1.82, 2.24) is 9.46 Å². The molecule has 0 spiro atoms. The minimum atomic E-state index is -3.63. The number of aromatic nitrogens is 1. The van der Waals surface area contributed by atoms with Crippen molar-refractivity contribution in [2.45, 2.75) is 44.6 Å². The van der Waals surface area contributed by atoms with Crippen LogP contribution in [0, 0.1) is 20.8 Å². The molecule has 0 saturated carbocycles. The molecule has 0 bridgehead atoms. The number of nitrogens with zero attached hydrogens (tertiary/aromatic N) is 2. The minimum absolute atomic E-state index is 0.142. The maximum Gasteiger partial charge on any atom is 0.339 e. The number of aryl methyl sites for hydroxylation is 3. The molecule has 136 valence electrons. The van der Waals surface area contributed by atoms with Crippen LogP contribution in [0.3, 0.4) is 0 Å². The van der Waals surface area contributed by atoms with Crippen molar-refractivity contribution in [2.75, 3.05) is 13.1 Å². The standard InChI is InChI=1S/C16H20N2O6S/c1-10-8-14(9-15(19)22-10)23-13-4-6-18(7-5-13)25(20,21)16-11(2)17-24-12(16)3/h8-9,13H,4-7H2,1-3H3. The lowest BCUT2D eigenvalue weighted by Crippen LogP contribution is -2.42. The number of sulfonamides is 1. The second kappa shape index (κ2) is 6.64. The van der Waals surface area contributed by atoms with E-state index in [2.05, 4.69) is 5.16 Å². The Balaban J connectivity index is 1.68. The third kappa shape index (κ3) is 3.62. The van der Waals surface area contributed by atoms with Crippen molar-refractivity contribution in [1.29, 1.82) is 0 Å². The lowest BCUT2D eigenvalue weighted by Gasteiger charge is -2.31. The Bertz CT molecular complexity index is 903. The summed E-state index contributed by atoms with van der Waals surface area (Å²) in [5.41, 5.74) is -0.101. The van der Waals surface area contributed by atoms with Crippen LogP contribution in [0.25, 0.3) is 0 Å². The summed E-state index contributed by atoms with van der Waals surface area (Å²) in [6.45, 7) is 5.54. The number of piperidine rings is 1. The second-order valence-corrected chi connectivity index (χ2v) is 7.97. The Kier molecular flexibility index (Phi) is 4.70. The SMILES string of the molecule is Cc1cc(OC2CCN(S(=O)(=O)c3c(C)noc3C)CC2)cc(=O)o1. The van der Waals surface area contributed by atoms with E-state index in [1.54, 1.807) is 26.8 Å². The summed E-state index contributed by atoms with van der Waals surface area (Å²) in [6.07, 6.45) is 0.904. The van der Waals surface area contributed by atoms with Gasteiger partial charge in [0.25, 0.3) is 0 Å². The van der Waals surface area contributed by atoms with E-state index < -0.39 is 15.6 Å². The molecule has 0 atom stereocenters. The minimum Gasteiger partial charge on any atom is -0.490 e. The fourth-order valence-corrected chi connectivity index (χ4v) is 4.76. The van der Waals surface area contributed by atoms with E-state index in [1.807, 2.05) is 0 Å². The molecule has 0 aromatic carbocycles. The molecule has 2 aromatic heterocycles. The molecule has 1 aliphatic rings. The van der Waals surface area contributed by atoms with Crippen LogP contribution in [0.1, 0.15) is 30.1 Å². The van der Waals surface area contributed by atoms with E-state index in [9.17, 15) is 13.2 Å². The quantitative estimate of drug-likeness (QED) is 0.810. The first-order valence-corrected chi connectivity index (χ1v) is 9.43. The lowest BCUT2D eigenvalue weighted by molar-refractivity contribution is 0.134. The van der Waals surface area contributed by atoms with Crippen molar-refractivity contribution in [3.63, 3.8) is 0 Å². The summed E-state index contributed by atoms with van der Waals surface area (Å²) in [4.78, 5) is 11.5. The number of rotatable bonds is 4. The number of hydrogen-bond donors (Lipinski definition) is 0. The molecular formula is C16H20N2O6S. The Hall–Kier alpha value is -2.13. The van der Waals surface area contributed by atoms with Crippen LogP contribution in [-0.2, 0) is 10.0 Å². The van der Waals surface area contributed by atoms with E-state index in [0.29, 0.717) is 48.9 Å². The smallest absolute Gasteiger partial charge is 0.339 e. The van der Waals surface area contributed by atoms with Crippen molar-refractivity contribution in [3.05, 3.63) is 39.8 Å². The molecule has 0 amide bonds. The molecular weight excluding hydrogens is 348 g/mol. The third-order valence-electron chi connectivity index (χ3n) is 4.14. The van der Waals surface area contributed by atoms with Gasteiger partial charge in [-0.25, -0.2) is 13.2 Å². The summed E-state index contributed by atoms with van der Waals surface area (Å²) in [7, 11) is -3.63. The van der Waals surface area contributed by atoms with Crippen LogP contribution in [-0.4, -0.2) is 37.1 Å². The summed E-state index contributed by atoms with van der Waals surface area (Å²) < 4.78 is 42.6. The Labute approximate surface area is 145 Å². The molecule has 0 aliphatic carbocycles. The van der Waals surface area contributed by atoms with Gasteiger partial charge in [0.1, 0.15) is 28.2 Å². The Morgan fingerprint density at radius 3 is 2.44 bits per heavy atom. The topological polar surface area (TPSA) is 103 Å². The molecule has 0 N–H and O–H groups in total. The number of ether oxygens (including phenoxy) is 1. The third-order valence-corrected chi connectivity index (χ3v) is 6.28. The predicted molar refractivity (Wildman–Crippen MR) is 88.1 cm³/mol. The first-order chi connectivity index (χ1) is 11.8. The highest BCUT2D eigenvalue weighted by molar-refractivity contribution is 7.89. The largest absolute Gasteiger partial charge is 0.490 e. The van der Waals surface area contributed by atoms with Crippen molar-refractivity contribution in [3.8, 4) is 5.75 Å². The average Bonchev–Trinajstić information content (AvgIpc) is 2.86. The van der Waals surface area contributed by atoms with E-state index in [0.717, 1.165) is 0 Å². The van der Waals surface area contributed by atoms with Gasteiger partial charge in [0.15, 0.2) is 5.76 Å². The van der Waals surface area contributed by atoms with Crippen molar-refractivity contribution < 1.29 is 22.1 Å². The highest BCUT2D eigenvalue weighted by Crippen LogP contribution is 2.27. The van der Waals surface area contributed by atoms with E-state index in [-0.39, 0.29) is 11.0 Å². The van der Waals surface area contributed by atoms with Gasteiger partial charge in [-0.2, -0.15) is 4.31 Å². The molecule has 1 aliphatic heterocycles. The molecule has 3 rings (SSSR count). The van der Waals surface area contributed by atoms with Gasteiger partial charge >= 0.3 is 5.63 Å². The molecule has 8 nitrogen and oxygen atoms in total. The van der Waals surface area contributed by atoms with E-state index >= 15 is 0 Å². The van der Waals surface area contributed by atoms with Gasteiger partial charge in [-0.15, -0.1) is 0 Å². The van der Waals surface area contributed by atoms with Gasteiger partial charge in [-0.05, 0) is 33.6 Å². The summed E-state index contributed by atoms with van der Waals surface area (Å²) in [5.74, 6) is 1.21. The summed E-state index contributed by atoms with van der Waals surface area (Å²) in [5, 5.41) is 3.72. The van der Waals surface area contributed by atoms with E-state index in [1.165, 1.54) is 10.4 Å².